The third-order valence-electron chi connectivity index (χ3n) is 1.71. The number of hydrogen-bond acceptors (Lipinski definition) is 2. The lowest BCUT2D eigenvalue weighted by molar-refractivity contribution is 0.120. The molecule has 0 bridgehead atoms. The summed E-state index contributed by atoms with van der Waals surface area (Å²) in [4.78, 5) is 0. The first-order valence-corrected chi connectivity index (χ1v) is 3.16. The molecule has 0 aromatic rings. The molecule has 0 radical (unpaired) electrons. The maximum Gasteiger partial charge on any atom is 0.137 e. The summed E-state index contributed by atoms with van der Waals surface area (Å²) in [5.41, 5.74) is 8.97. The highest BCUT2D eigenvalue weighted by Gasteiger charge is 2.29. The molecule has 0 aliphatic rings. The molecule has 5 heteroatoms. The Morgan fingerprint density at radius 2 is 1.45 bits per heavy atom. The summed E-state index contributed by atoms with van der Waals surface area (Å²) in [6.07, 6.45) is 0. The Morgan fingerprint density at radius 3 is 1.45 bits per heavy atom. The molecule has 0 aromatic carbocycles. The molecule has 0 heterocycles. The van der Waals surface area contributed by atoms with E-state index in [1.54, 1.807) is 13.8 Å². The quantitative estimate of drug-likeness (QED) is 0.728. The van der Waals surface area contributed by atoms with E-state index < -0.39 is 5.67 Å². The van der Waals surface area contributed by atoms with Crippen molar-refractivity contribution < 1.29 is 4.39 Å². The minimum Gasteiger partial charge on any atom is -0.327 e. The largest absolute Gasteiger partial charge is 0.327 e. The van der Waals surface area contributed by atoms with Gasteiger partial charge >= 0.3 is 0 Å². The van der Waals surface area contributed by atoms with Gasteiger partial charge in [0.1, 0.15) is 5.67 Å². The summed E-state index contributed by atoms with van der Waals surface area (Å²) in [6, 6.07) is 0. The second-order valence-corrected chi connectivity index (χ2v) is 2.60. The number of rotatable bonds is 3. The van der Waals surface area contributed by atoms with Crippen LogP contribution in [0.3, 0.4) is 0 Å². The molecule has 0 aliphatic heterocycles. The number of nitrogens with two attached hydrogens (primary N) is 2. The first kappa shape index (κ1) is 17.5. The second-order valence-electron chi connectivity index (χ2n) is 2.60. The van der Waals surface area contributed by atoms with Crippen LogP contribution in [0.4, 0.5) is 4.39 Å². The molecule has 0 aliphatic carbocycles. The SMILES string of the molecule is CC(C)C(F)(CN)CN.Cl.Cl. The molecule has 11 heavy (non-hydrogen) atoms. The second kappa shape index (κ2) is 7.10. The fourth-order valence-corrected chi connectivity index (χ4v) is 0.555. The van der Waals surface area contributed by atoms with Crippen molar-refractivity contribution in [1.29, 1.82) is 0 Å². The van der Waals surface area contributed by atoms with E-state index in [0.717, 1.165) is 0 Å². The van der Waals surface area contributed by atoms with E-state index in [9.17, 15) is 4.39 Å². The van der Waals surface area contributed by atoms with Crippen LogP contribution >= 0.6 is 24.8 Å². The van der Waals surface area contributed by atoms with Crippen LogP contribution in [-0.4, -0.2) is 18.8 Å². The number of hydrogen-bond donors (Lipinski definition) is 2. The molecule has 0 saturated carbocycles. The minimum atomic E-state index is -1.36. The number of alkyl halides is 1. The summed E-state index contributed by atoms with van der Waals surface area (Å²) in [6.45, 7) is 3.59. The van der Waals surface area contributed by atoms with Gasteiger partial charge in [-0.1, -0.05) is 13.8 Å². The third-order valence-corrected chi connectivity index (χ3v) is 1.71. The van der Waals surface area contributed by atoms with Crippen LogP contribution in [0.1, 0.15) is 13.8 Å². The molecule has 0 rings (SSSR count). The zero-order chi connectivity index (χ0) is 7.49. The zero-order valence-electron chi connectivity index (χ0n) is 6.84. The monoisotopic (exact) mass is 206 g/mol. The fourth-order valence-electron chi connectivity index (χ4n) is 0.555. The van der Waals surface area contributed by atoms with Crippen LogP contribution in [0.25, 0.3) is 0 Å². The van der Waals surface area contributed by atoms with Crippen molar-refractivity contribution >= 4 is 24.8 Å². The van der Waals surface area contributed by atoms with Gasteiger partial charge in [-0.2, -0.15) is 0 Å². The molecule has 0 saturated heterocycles. The van der Waals surface area contributed by atoms with Crippen molar-refractivity contribution in [3.63, 3.8) is 0 Å². The van der Waals surface area contributed by atoms with E-state index in [4.69, 9.17) is 11.5 Å². The maximum atomic E-state index is 13.1. The molecule has 0 amide bonds. The highest BCUT2D eigenvalue weighted by molar-refractivity contribution is 5.85. The molecule has 0 unspecified atom stereocenters. The van der Waals surface area contributed by atoms with Crippen LogP contribution in [0.5, 0.6) is 0 Å². The molecule has 0 spiro atoms. The lowest BCUT2D eigenvalue weighted by Gasteiger charge is -2.25. The van der Waals surface area contributed by atoms with E-state index in [2.05, 4.69) is 0 Å². The summed E-state index contributed by atoms with van der Waals surface area (Å²) >= 11 is 0. The van der Waals surface area contributed by atoms with E-state index in [1.165, 1.54) is 0 Å². The Kier molecular flexibility index (Phi) is 11.3. The lowest BCUT2D eigenvalue weighted by Crippen LogP contribution is -2.45. The molecule has 0 fully saturated rings. The Labute approximate surface area is 79.7 Å². The highest BCUT2D eigenvalue weighted by Crippen LogP contribution is 2.18. The van der Waals surface area contributed by atoms with Crippen LogP contribution in [0.2, 0.25) is 0 Å². The van der Waals surface area contributed by atoms with Gasteiger partial charge in [-0.25, -0.2) is 4.39 Å². The standard InChI is InChI=1S/C6H15FN2.2ClH/c1-5(2)6(7,3-8)4-9;;/h5H,3-4,8-9H2,1-2H3;2*1H. The van der Waals surface area contributed by atoms with Gasteiger partial charge in [0.2, 0.25) is 0 Å². The van der Waals surface area contributed by atoms with Gasteiger partial charge in [0.05, 0.1) is 0 Å². The maximum absolute atomic E-state index is 13.1. The topological polar surface area (TPSA) is 52.0 Å². The normalized spacial score (nSPS) is 10.4. The highest BCUT2D eigenvalue weighted by atomic mass is 35.5. The van der Waals surface area contributed by atoms with E-state index in [0.29, 0.717) is 0 Å². The summed E-state index contributed by atoms with van der Waals surface area (Å²) in [7, 11) is 0. The fraction of sp³-hybridized carbons (Fsp3) is 1.00. The van der Waals surface area contributed by atoms with Crippen molar-refractivity contribution in [2.75, 3.05) is 13.1 Å². The van der Waals surface area contributed by atoms with Crippen LogP contribution in [0.15, 0.2) is 0 Å². The Morgan fingerprint density at radius 1 is 1.18 bits per heavy atom. The molecule has 72 valence electrons. The predicted octanol–water partition coefficient (Wildman–Crippen LogP) is 1.11. The van der Waals surface area contributed by atoms with Gasteiger partial charge < -0.3 is 11.5 Å². The zero-order valence-corrected chi connectivity index (χ0v) is 8.47. The van der Waals surface area contributed by atoms with Crippen LogP contribution < -0.4 is 11.5 Å². The van der Waals surface area contributed by atoms with E-state index in [-0.39, 0.29) is 43.8 Å². The molecule has 0 aromatic heterocycles. The van der Waals surface area contributed by atoms with Crippen molar-refractivity contribution in [3.8, 4) is 0 Å². The van der Waals surface area contributed by atoms with Crippen molar-refractivity contribution in [2.24, 2.45) is 17.4 Å². The third kappa shape index (κ3) is 4.80. The first-order chi connectivity index (χ1) is 4.06. The minimum absolute atomic E-state index is 0. The average molecular weight is 207 g/mol. The van der Waals surface area contributed by atoms with Crippen LogP contribution in [-0.2, 0) is 0 Å². The molecular formula is C6H17Cl2FN2. The van der Waals surface area contributed by atoms with E-state index >= 15 is 0 Å². The van der Waals surface area contributed by atoms with Crippen molar-refractivity contribution in [2.45, 2.75) is 19.5 Å². The van der Waals surface area contributed by atoms with Gasteiger partial charge in [0, 0.05) is 13.1 Å². The summed E-state index contributed by atoms with van der Waals surface area (Å²) < 4.78 is 13.1. The van der Waals surface area contributed by atoms with Crippen LogP contribution in [0, 0.1) is 5.92 Å². The molecule has 2 nitrogen and oxygen atoms in total. The Balaban J connectivity index is -0.000000320. The Hall–Kier alpha value is 0.430. The first-order valence-electron chi connectivity index (χ1n) is 3.16. The molecule has 0 atom stereocenters. The summed E-state index contributed by atoms with van der Waals surface area (Å²) in [5, 5.41) is 0. The smallest absolute Gasteiger partial charge is 0.137 e. The molecular weight excluding hydrogens is 190 g/mol. The van der Waals surface area contributed by atoms with E-state index in [1.807, 2.05) is 0 Å². The Bertz CT molecular complexity index is 86.7. The average Bonchev–Trinajstić information content (AvgIpc) is 1.86. The van der Waals surface area contributed by atoms with Gasteiger partial charge in [0.15, 0.2) is 0 Å². The number of halogens is 3. The van der Waals surface area contributed by atoms with Gasteiger partial charge in [-0.05, 0) is 5.92 Å². The van der Waals surface area contributed by atoms with Crippen molar-refractivity contribution in [3.05, 3.63) is 0 Å². The van der Waals surface area contributed by atoms with Crippen molar-refractivity contribution in [1.82, 2.24) is 0 Å². The van der Waals surface area contributed by atoms with Gasteiger partial charge in [-0.3, -0.25) is 0 Å². The lowest BCUT2D eigenvalue weighted by atomic mass is 9.93. The molecule has 4 N–H and O–H groups in total. The van der Waals surface area contributed by atoms with Gasteiger partial charge in [-0.15, -0.1) is 24.8 Å². The predicted molar refractivity (Wildman–Crippen MR) is 51.3 cm³/mol. The van der Waals surface area contributed by atoms with Gasteiger partial charge in [0.25, 0.3) is 0 Å². The summed E-state index contributed by atoms with van der Waals surface area (Å²) in [5.74, 6) is -0.0903.